The molecule has 0 saturated carbocycles. The van der Waals surface area contributed by atoms with Gasteiger partial charge in [0.2, 0.25) is 11.8 Å². The van der Waals surface area contributed by atoms with Gasteiger partial charge in [-0.3, -0.25) is 25.2 Å². The Hall–Kier alpha value is -2.81. The van der Waals surface area contributed by atoms with Crippen LogP contribution in [0, 0.1) is 0 Å². The van der Waals surface area contributed by atoms with E-state index >= 15 is 0 Å². The van der Waals surface area contributed by atoms with Crippen LogP contribution in [0.15, 0.2) is 24.3 Å². The lowest BCUT2D eigenvalue weighted by Gasteiger charge is -2.23. The van der Waals surface area contributed by atoms with Crippen LogP contribution in [0.5, 0.6) is 0 Å². The first-order valence-electron chi connectivity index (χ1n) is 9.45. The van der Waals surface area contributed by atoms with Gasteiger partial charge >= 0.3 is 12.1 Å². The van der Waals surface area contributed by atoms with Crippen molar-refractivity contribution in [2.75, 3.05) is 6.61 Å². The third-order valence-electron chi connectivity index (χ3n) is 3.50. The molecule has 0 aliphatic heterocycles. The molecule has 0 bridgehead atoms. The predicted molar refractivity (Wildman–Crippen MR) is 110 cm³/mol. The Bertz CT molecular complexity index is 746. The fourth-order valence-electron chi connectivity index (χ4n) is 2.36. The third kappa shape index (κ3) is 11.3. The molecule has 0 aliphatic carbocycles. The molecule has 0 radical (unpaired) electrons. The largest absolute Gasteiger partial charge is 0.466 e. The number of amides is 3. The molecule has 0 aromatic heterocycles. The zero-order valence-electron chi connectivity index (χ0n) is 17.5. The van der Waals surface area contributed by atoms with Crippen LogP contribution in [0.2, 0.25) is 5.02 Å². The van der Waals surface area contributed by atoms with Gasteiger partial charge in [-0.05, 0) is 51.8 Å². The van der Waals surface area contributed by atoms with E-state index in [4.69, 9.17) is 16.3 Å². The van der Waals surface area contributed by atoms with E-state index in [1.165, 1.54) is 0 Å². The van der Waals surface area contributed by atoms with Crippen molar-refractivity contribution in [1.29, 1.82) is 0 Å². The molecule has 9 nitrogen and oxygen atoms in total. The molecule has 3 amide bonds. The van der Waals surface area contributed by atoms with Crippen LogP contribution >= 0.6 is 11.6 Å². The Kier molecular flexibility index (Phi) is 10.1. The van der Waals surface area contributed by atoms with E-state index < -0.39 is 41.9 Å². The van der Waals surface area contributed by atoms with Crippen LogP contribution in [0.4, 0.5) is 4.79 Å². The minimum absolute atomic E-state index is 0.137. The average Bonchev–Trinajstić information content (AvgIpc) is 2.60. The van der Waals surface area contributed by atoms with Crippen molar-refractivity contribution >= 4 is 35.5 Å². The average molecular weight is 442 g/mol. The number of hydrazine groups is 1. The summed E-state index contributed by atoms with van der Waals surface area (Å²) in [5, 5.41) is 3.23. The summed E-state index contributed by atoms with van der Waals surface area (Å²) < 4.78 is 9.91. The summed E-state index contributed by atoms with van der Waals surface area (Å²) in [6, 6.07) is 6.37. The zero-order chi connectivity index (χ0) is 22.7. The van der Waals surface area contributed by atoms with Crippen LogP contribution in [-0.4, -0.2) is 42.1 Å². The van der Waals surface area contributed by atoms with Gasteiger partial charge in [-0.2, -0.15) is 0 Å². The number of rotatable bonds is 8. The maximum atomic E-state index is 12.2. The normalized spacial score (nSPS) is 11.8. The molecular weight excluding hydrogens is 414 g/mol. The minimum atomic E-state index is -0.712. The minimum Gasteiger partial charge on any atom is -0.466 e. The fourth-order valence-corrected chi connectivity index (χ4v) is 2.48. The number of nitrogens with one attached hydrogen (secondary N) is 3. The number of esters is 1. The highest BCUT2D eigenvalue weighted by atomic mass is 35.5. The number of hydrogen-bond acceptors (Lipinski definition) is 6. The molecule has 0 fully saturated rings. The van der Waals surface area contributed by atoms with Crippen LogP contribution < -0.4 is 16.2 Å². The van der Waals surface area contributed by atoms with Crippen LogP contribution in [-0.2, 0) is 30.3 Å². The van der Waals surface area contributed by atoms with E-state index in [1.54, 1.807) is 52.0 Å². The number of ether oxygens (including phenoxy) is 2. The van der Waals surface area contributed by atoms with Crippen LogP contribution in [0.25, 0.3) is 0 Å². The second kappa shape index (κ2) is 12.0. The Morgan fingerprint density at radius 2 is 1.63 bits per heavy atom. The molecule has 1 rings (SSSR count). The van der Waals surface area contributed by atoms with Gasteiger partial charge < -0.3 is 14.8 Å². The first-order chi connectivity index (χ1) is 14.0. The maximum Gasteiger partial charge on any atom is 0.407 e. The van der Waals surface area contributed by atoms with E-state index in [2.05, 4.69) is 20.9 Å². The first-order valence-corrected chi connectivity index (χ1v) is 9.83. The van der Waals surface area contributed by atoms with Gasteiger partial charge in [-0.25, -0.2) is 4.79 Å². The second-order valence-electron chi connectivity index (χ2n) is 7.46. The number of hydrogen-bond donors (Lipinski definition) is 3. The van der Waals surface area contributed by atoms with Gasteiger partial charge in [0.1, 0.15) is 12.0 Å². The topological polar surface area (TPSA) is 123 Å². The molecule has 0 aliphatic rings. The molecule has 0 heterocycles. The molecule has 0 saturated heterocycles. The highest BCUT2D eigenvalue weighted by Crippen LogP contribution is 2.13. The van der Waals surface area contributed by atoms with E-state index in [0.717, 1.165) is 5.56 Å². The molecular formula is C20H28ClN3O6. The van der Waals surface area contributed by atoms with Crippen LogP contribution in [0.3, 0.4) is 0 Å². The summed E-state index contributed by atoms with van der Waals surface area (Å²) >= 11 is 5.89. The summed E-state index contributed by atoms with van der Waals surface area (Å²) in [6.45, 7) is 6.96. The standard InChI is InChI=1S/C20H28ClN3O6/c1-5-29-18(27)12-17(26)24-23-16(25)11-15(22-19(28)30-20(2,3)4)10-13-6-8-14(21)9-7-13/h6-9,15H,5,10-12H2,1-4H3,(H,22,28)(H,23,25)(H,24,26)/t15-/m0/s1. The Morgan fingerprint density at radius 1 is 1.03 bits per heavy atom. The van der Waals surface area contributed by atoms with Crippen molar-refractivity contribution in [2.24, 2.45) is 0 Å². The molecule has 0 spiro atoms. The zero-order valence-corrected chi connectivity index (χ0v) is 18.3. The third-order valence-corrected chi connectivity index (χ3v) is 3.75. The van der Waals surface area contributed by atoms with E-state index in [-0.39, 0.29) is 13.0 Å². The number of halogens is 1. The molecule has 0 unspecified atom stereocenters. The second-order valence-corrected chi connectivity index (χ2v) is 7.89. The summed E-state index contributed by atoms with van der Waals surface area (Å²) in [7, 11) is 0. The molecule has 1 atom stereocenters. The van der Waals surface area contributed by atoms with E-state index in [1.807, 2.05) is 0 Å². The van der Waals surface area contributed by atoms with Gasteiger partial charge in [-0.15, -0.1) is 0 Å². The predicted octanol–water partition coefficient (Wildman–Crippen LogP) is 2.27. The van der Waals surface area contributed by atoms with Gasteiger partial charge in [0, 0.05) is 17.5 Å². The van der Waals surface area contributed by atoms with Crippen molar-refractivity contribution in [1.82, 2.24) is 16.2 Å². The number of benzene rings is 1. The fraction of sp³-hybridized carbons (Fsp3) is 0.500. The SMILES string of the molecule is CCOC(=O)CC(=O)NNC(=O)C[C@H](Cc1ccc(Cl)cc1)NC(=O)OC(C)(C)C. The molecule has 30 heavy (non-hydrogen) atoms. The molecule has 10 heteroatoms. The van der Waals surface area contributed by atoms with Crippen molar-refractivity contribution in [3.05, 3.63) is 34.9 Å². The highest BCUT2D eigenvalue weighted by molar-refractivity contribution is 6.30. The molecule has 1 aromatic rings. The summed E-state index contributed by atoms with van der Waals surface area (Å²) in [4.78, 5) is 47.3. The van der Waals surface area contributed by atoms with E-state index in [9.17, 15) is 19.2 Å². The Balaban J connectivity index is 2.67. The highest BCUT2D eigenvalue weighted by Gasteiger charge is 2.22. The summed E-state index contributed by atoms with van der Waals surface area (Å²) in [6.07, 6.45) is -0.985. The van der Waals surface area contributed by atoms with Gasteiger partial charge in [-0.1, -0.05) is 23.7 Å². The molecule has 3 N–H and O–H groups in total. The van der Waals surface area contributed by atoms with Crippen molar-refractivity contribution < 1.29 is 28.7 Å². The van der Waals surface area contributed by atoms with Crippen molar-refractivity contribution in [3.8, 4) is 0 Å². The lowest BCUT2D eigenvalue weighted by molar-refractivity contribution is -0.146. The van der Waals surface area contributed by atoms with Gasteiger partial charge in [0.15, 0.2) is 0 Å². The molecule has 1 aromatic carbocycles. The summed E-state index contributed by atoms with van der Waals surface area (Å²) in [5.74, 6) is -1.96. The monoisotopic (exact) mass is 441 g/mol. The van der Waals surface area contributed by atoms with Gasteiger partial charge in [0.25, 0.3) is 0 Å². The number of carbonyl (C=O) groups is 4. The lowest BCUT2D eigenvalue weighted by Crippen LogP contribution is -2.47. The first kappa shape index (κ1) is 25.2. The lowest BCUT2D eigenvalue weighted by atomic mass is 10.0. The van der Waals surface area contributed by atoms with Crippen molar-refractivity contribution in [2.45, 2.75) is 58.6 Å². The quantitative estimate of drug-likeness (QED) is 0.323. The Labute approximate surface area is 180 Å². The van der Waals surface area contributed by atoms with Crippen molar-refractivity contribution in [3.63, 3.8) is 0 Å². The number of alkyl carbamates (subject to hydrolysis) is 1. The Morgan fingerprint density at radius 3 is 2.20 bits per heavy atom. The summed E-state index contributed by atoms with van der Waals surface area (Å²) in [5.41, 5.74) is 4.51. The van der Waals surface area contributed by atoms with Gasteiger partial charge in [0.05, 0.1) is 6.61 Å². The number of carbonyl (C=O) groups excluding carboxylic acids is 4. The van der Waals surface area contributed by atoms with Crippen LogP contribution in [0.1, 0.15) is 46.1 Å². The maximum absolute atomic E-state index is 12.2. The smallest absolute Gasteiger partial charge is 0.407 e. The molecule has 166 valence electrons. The van der Waals surface area contributed by atoms with E-state index in [0.29, 0.717) is 11.4 Å².